The van der Waals surface area contributed by atoms with Gasteiger partial charge in [-0.2, -0.15) is 0 Å². The molecule has 0 fully saturated rings. The number of aromatic hydroxyl groups is 1. The Morgan fingerprint density at radius 2 is 1.92 bits per heavy atom. The second-order valence-electron chi connectivity index (χ2n) is 9.02. The first-order chi connectivity index (χ1) is 17.4. The molecule has 188 valence electrons. The molecule has 0 aromatic heterocycles. The number of hydrogen-bond donors (Lipinski definition) is 6. The molecule has 0 saturated carbocycles. The molecule has 0 saturated heterocycles. The summed E-state index contributed by atoms with van der Waals surface area (Å²) >= 11 is 5.41. The summed E-state index contributed by atoms with van der Waals surface area (Å²) in [4.78, 5) is 27.2. The van der Waals surface area contributed by atoms with Gasteiger partial charge in [-0.15, -0.1) is 0 Å². The zero-order valence-electron chi connectivity index (χ0n) is 19.6. The third kappa shape index (κ3) is 5.88. The van der Waals surface area contributed by atoms with E-state index < -0.39 is 35.9 Å². The Balaban J connectivity index is 1.62. The number of hydrogen-bond acceptors (Lipinski definition) is 7. The lowest BCUT2D eigenvalue weighted by Crippen LogP contribution is -2.54. The average molecular weight is 508 g/mol. The monoisotopic (exact) mass is 507 g/mol. The number of thiocarbonyl (C=S) groups is 1. The molecule has 9 heteroatoms. The number of fused-ring (bicyclic) bond motifs is 1. The number of phenolic OH excluding ortho intramolecular Hbond substituents is 1. The van der Waals surface area contributed by atoms with Gasteiger partial charge in [-0.3, -0.25) is 14.8 Å². The lowest BCUT2D eigenvalue weighted by molar-refractivity contribution is -0.138. The molecular formula is C27H29N3O5S. The molecule has 2 aliphatic carbocycles. The minimum absolute atomic E-state index is 0.0346. The predicted molar refractivity (Wildman–Crippen MR) is 138 cm³/mol. The molecule has 2 amide bonds. The molecule has 36 heavy (non-hydrogen) atoms. The number of nitrogens with one attached hydrogen (secondary N) is 3. The first-order valence-corrected chi connectivity index (χ1v) is 12.2. The summed E-state index contributed by atoms with van der Waals surface area (Å²) in [6.07, 6.45) is 5.99. The van der Waals surface area contributed by atoms with Crippen LogP contribution < -0.4 is 16.1 Å². The van der Waals surface area contributed by atoms with Gasteiger partial charge in [0.25, 0.3) is 5.91 Å². The number of amides is 2. The normalized spacial score (nSPS) is 20.3. The average Bonchev–Trinajstić information content (AvgIpc) is 3.18. The summed E-state index contributed by atoms with van der Waals surface area (Å²) in [6, 6.07) is 12.2. The SMILES string of the molecule is O=C(NO)[C@@H](NCC1=CC=CCC1=S)[C@@H](Cc1cccc(O)c1)C(=O)N[C@H]1c2ccccc2C[C@H]1O. The molecule has 0 radical (unpaired) electrons. The molecule has 0 bridgehead atoms. The summed E-state index contributed by atoms with van der Waals surface area (Å²) < 4.78 is 0. The van der Waals surface area contributed by atoms with Crippen molar-refractivity contribution in [3.8, 4) is 5.75 Å². The Morgan fingerprint density at radius 3 is 2.67 bits per heavy atom. The maximum absolute atomic E-state index is 13.7. The topological polar surface area (TPSA) is 131 Å². The molecule has 0 spiro atoms. The maximum atomic E-state index is 13.7. The van der Waals surface area contributed by atoms with Crippen molar-refractivity contribution < 1.29 is 25.0 Å². The van der Waals surface area contributed by atoms with Gasteiger partial charge in [0.15, 0.2) is 0 Å². The Kier molecular flexibility index (Phi) is 8.27. The summed E-state index contributed by atoms with van der Waals surface area (Å²) in [5.74, 6) is -2.19. The fourth-order valence-electron chi connectivity index (χ4n) is 4.76. The van der Waals surface area contributed by atoms with Gasteiger partial charge in [-0.05, 0) is 40.8 Å². The van der Waals surface area contributed by atoms with Crippen molar-refractivity contribution in [1.29, 1.82) is 0 Å². The van der Waals surface area contributed by atoms with Gasteiger partial charge in [-0.25, -0.2) is 5.48 Å². The van der Waals surface area contributed by atoms with Crippen LogP contribution in [0.4, 0.5) is 0 Å². The fourth-order valence-corrected chi connectivity index (χ4v) is 4.99. The first-order valence-electron chi connectivity index (χ1n) is 11.8. The highest BCUT2D eigenvalue weighted by molar-refractivity contribution is 7.80. The van der Waals surface area contributed by atoms with Gasteiger partial charge in [0.1, 0.15) is 11.8 Å². The molecule has 0 aliphatic heterocycles. The van der Waals surface area contributed by atoms with E-state index in [0.29, 0.717) is 18.4 Å². The fraction of sp³-hybridized carbons (Fsp3) is 0.296. The minimum Gasteiger partial charge on any atom is -0.508 e. The van der Waals surface area contributed by atoms with Crippen LogP contribution in [0.2, 0.25) is 0 Å². The van der Waals surface area contributed by atoms with Crippen LogP contribution >= 0.6 is 12.2 Å². The van der Waals surface area contributed by atoms with E-state index in [0.717, 1.165) is 21.6 Å². The Morgan fingerprint density at radius 1 is 1.11 bits per heavy atom. The lowest BCUT2D eigenvalue weighted by Gasteiger charge is -2.29. The third-order valence-corrected chi connectivity index (χ3v) is 7.04. The summed E-state index contributed by atoms with van der Waals surface area (Å²) in [5.41, 5.74) is 4.90. The van der Waals surface area contributed by atoms with Crippen LogP contribution in [0.15, 0.2) is 72.3 Å². The Hall–Kier alpha value is -3.37. The summed E-state index contributed by atoms with van der Waals surface area (Å²) in [6.45, 7) is 0.222. The van der Waals surface area contributed by atoms with Crippen molar-refractivity contribution in [2.75, 3.05) is 6.54 Å². The van der Waals surface area contributed by atoms with Crippen molar-refractivity contribution in [1.82, 2.24) is 16.1 Å². The van der Waals surface area contributed by atoms with E-state index in [-0.39, 0.29) is 18.7 Å². The minimum atomic E-state index is -1.12. The van der Waals surface area contributed by atoms with E-state index in [1.54, 1.807) is 17.6 Å². The standard InChI is InChI=1S/C27H29N3O5S/c31-19-9-5-6-16(12-19)13-21(25(27(34)30-35)28-15-18-8-2-4-11-23(18)36)26(33)29-24-20-10-3-1-7-17(20)14-22(24)32/h1-10,12,21-22,24-25,28,31-32,35H,11,13-15H2,(H,29,33)(H,30,34)/t21-,22-,24+,25+/m1/s1. The lowest BCUT2D eigenvalue weighted by atomic mass is 9.89. The quantitative estimate of drug-likeness (QED) is 0.174. The van der Waals surface area contributed by atoms with Gasteiger partial charge in [0.05, 0.1) is 18.1 Å². The van der Waals surface area contributed by atoms with E-state index in [2.05, 4.69) is 10.6 Å². The maximum Gasteiger partial charge on any atom is 0.261 e. The second kappa shape index (κ2) is 11.6. The molecule has 2 aliphatic rings. The van der Waals surface area contributed by atoms with Crippen molar-refractivity contribution in [2.24, 2.45) is 5.92 Å². The highest BCUT2D eigenvalue weighted by atomic mass is 32.1. The molecule has 2 aromatic rings. The largest absolute Gasteiger partial charge is 0.508 e. The Labute approximate surface area is 214 Å². The number of aliphatic hydroxyl groups excluding tert-OH is 1. The molecule has 0 heterocycles. The molecule has 2 aromatic carbocycles. The Bertz CT molecular complexity index is 1210. The van der Waals surface area contributed by atoms with Crippen molar-refractivity contribution >= 4 is 28.9 Å². The van der Waals surface area contributed by atoms with Crippen LogP contribution in [0, 0.1) is 5.92 Å². The van der Waals surface area contributed by atoms with E-state index in [1.807, 2.05) is 42.5 Å². The number of allylic oxidation sites excluding steroid dienone is 3. The van der Waals surface area contributed by atoms with Crippen LogP contribution in [0.1, 0.15) is 29.2 Å². The number of hydroxylamine groups is 1. The summed E-state index contributed by atoms with van der Waals surface area (Å²) in [7, 11) is 0. The molecule has 8 nitrogen and oxygen atoms in total. The molecular weight excluding hydrogens is 478 g/mol. The van der Waals surface area contributed by atoms with Crippen LogP contribution in [0.3, 0.4) is 0 Å². The highest BCUT2D eigenvalue weighted by Crippen LogP contribution is 2.32. The van der Waals surface area contributed by atoms with Crippen molar-refractivity contribution in [3.63, 3.8) is 0 Å². The molecule has 6 N–H and O–H groups in total. The smallest absolute Gasteiger partial charge is 0.261 e. The van der Waals surface area contributed by atoms with Gasteiger partial charge in [-0.1, -0.05) is 66.8 Å². The van der Waals surface area contributed by atoms with Crippen LogP contribution in [0.5, 0.6) is 5.75 Å². The molecule has 0 unspecified atom stereocenters. The zero-order chi connectivity index (χ0) is 25.7. The number of carbonyl (C=O) groups is 2. The molecule has 4 atom stereocenters. The van der Waals surface area contributed by atoms with Gasteiger partial charge in [0, 0.05) is 24.3 Å². The van der Waals surface area contributed by atoms with Crippen LogP contribution in [0.25, 0.3) is 0 Å². The first kappa shape index (κ1) is 25.7. The number of carbonyl (C=O) groups excluding carboxylic acids is 2. The van der Waals surface area contributed by atoms with Crippen molar-refractivity contribution in [2.45, 2.75) is 37.5 Å². The number of benzene rings is 2. The summed E-state index contributed by atoms with van der Waals surface area (Å²) in [5, 5.41) is 36.1. The van der Waals surface area contributed by atoms with Gasteiger partial charge in [0.2, 0.25) is 5.91 Å². The van der Waals surface area contributed by atoms with Crippen LogP contribution in [-0.4, -0.2) is 50.8 Å². The number of aliphatic hydroxyl groups is 1. The van der Waals surface area contributed by atoms with Gasteiger partial charge < -0.3 is 20.8 Å². The van der Waals surface area contributed by atoms with Crippen molar-refractivity contribution in [3.05, 3.63) is 89.0 Å². The second-order valence-corrected chi connectivity index (χ2v) is 9.51. The van der Waals surface area contributed by atoms with E-state index in [1.165, 1.54) is 12.1 Å². The van der Waals surface area contributed by atoms with E-state index in [9.17, 15) is 25.0 Å². The van der Waals surface area contributed by atoms with Gasteiger partial charge >= 0.3 is 0 Å². The third-order valence-electron chi connectivity index (χ3n) is 6.61. The van der Waals surface area contributed by atoms with E-state index >= 15 is 0 Å². The van der Waals surface area contributed by atoms with Crippen LogP contribution in [-0.2, 0) is 22.4 Å². The number of phenols is 1. The predicted octanol–water partition coefficient (Wildman–Crippen LogP) is 2.05. The highest BCUT2D eigenvalue weighted by Gasteiger charge is 2.38. The number of rotatable bonds is 9. The van der Waals surface area contributed by atoms with E-state index in [4.69, 9.17) is 12.2 Å². The molecule has 4 rings (SSSR count). The zero-order valence-corrected chi connectivity index (χ0v) is 20.4.